The van der Waals surface area contributed by atoms with E-state index in [2.05, 4.69) is 94.7 Å². The topological polar surface area (TPSA) is 164 Å². The molecular formula is C59H97NO12SSi2. The van der Waals surface area contributed by atoms with Gasteiger partial charge in [0.1, 0.15) is 23.6 Å². The van der Waals surface area contributed by atoms with E-state index >= 15 is 0 Å². The largest absolute Gasteiger partial charge is 0.497 e. The Morgan fingerprint density at radius 3 is 1.69 bits per heavy atom. The maximum Gasteiger partial charge on any atom is 0.238 e. The number of ether oxygens (including phenoxy) is 4. The number of Topliss-reactive ketones (excluding diaryl/α,β-unsaturated/α-hetero) is 1. The number of allylic oxidation sites excluding steroid dienone is 2. The summed E-state index contributed by atoms with van der Waals surface area (Å²) in [5.74, 6) is 1.67. The van der Waals surface area contributed by atoms with E-state index in [9.17, 15) is 27.9 Å². The summed E-state index contributed by atoms with van der Waals surface area (Å²) in [6, 6.07) is 15.5. The highest BCUT2D eigenvalue weighted by Crippen LogP contribution is 2.70. The summed E-state index contributed by atoms with van der Waals surface area (Å²) >= 11 is 0. The van der Waals surface area contributed by atoms with Gasteiger partial charge >= 0.3 is 0 Å². The molecule has 3 aliphatic rings. The van der Waals surface area contributed by atoms with Crippen LogP contribution in [0, 0.1) is 22.7 Å². The molecule has 1 N–H and O–H groups in total. The van der Waals surface area contributed by atoms with Gasteiger partial charge in [-0.2, -0.15) is 0 Å². The molecule has 13 nitrogen and oxygen atoms in total. The number of benzene rings is 2. The van der Waals surface area contributed by atoms with Crippen LogP contribution in [0.1, 0.15) is 138 Å². The second-order valence-corrected chi connectivity index (χ2v) is 35.8. The first-order valence-electron chi connectivity index (χ1n) is 27.0. The molecule has 1 heterocycles. The van der Waals surface area contributed by atoms with Crippen LogP contribution in [0.15, 0.2) is 73.8 Å². The Balaban J connectivity index is 0.000000303. The summed E-state index contributed by atoms with van der Waals surface area (Å²) in [7, 11) is -4.04. The van der Waals surface area contributed by atoms with Crippen LogP contribution < -0.4 is 9.47 Å². The zero-order valence-electron chi connectivity index (χ0n) is 48.6. The number of amides is 1. The van der Waals surface area contributed by atoms with Gasteiger partial charge in [0, 0.05) is 43.5 Å². The quantitative estimate of drug-likeness (QED) is 0.0390. The Kier molecular flexibility index (Phi) is 24.9. The fraction of sp³-hybridized carbons (Fsp3) is 0.678. The molecule has 1 aliphatic heterocycles. The van der Waals surface area contributed by atoms with Gasteiger partial charge in [-0.3, -0.25) is 9.59 Å². The van der Waals surface area contributed by atoms with Gasteiger partial charge < -0.3 is 37.7 Å². The van der Waals surface area contributed by atoms with E-state index in [-0.39, 0.29) is 63.0 Å². The Hall–Kier alpha value is -3.49. The molecule has 0 radical (unpaired) electrons. The van der Waals surface area contributed by atoms with Gasteiger partial charge in [0.2, 0.25) is 15.9 Å². The van der Waals surface area contributed by atoms with Crippen molar-refractivity contribution in [1.82, 2.24) is 4.31 Å². The van der Waals surface area contributed by atoms with E-state index < -0.39 is 38.7 Å². The zero-order chi connectivity index (χ0) is 56.6. The van der Waals surface area contributed by atoms with Crippen molar-refractivity contribution in [2.24, 2.45) is 22.7 Å². The van der Waals surface area contributed by atoms with Crippen LogP contribution >= 0.6 is 0 Å². The predicted octanol–water partition coefficient (Wildman–Crippen LogP) is 12.4. The van der Waals surface area contributed by atoms with E-state index in [1.165, 1.54) is 11.2 Å². The average Bonchev–Trinajstić information content (AvgIpc) is 3.81. The highest BCUT2D eigenvalue weighted by Gasteiger charge is 2.72. The average molecular weight is 1100 g/mol. The van der Waals surface area contributed by atoms with Crippen molar-refractivity contribution in [2.45, 2.75) is 200 Å². The van der Waals surface area contributed by atoms with E-state index in [4.69, 9.17) is 27.8 Å². The lowest BCUT2D eigenvalue weighted by atomic mass is 9.69. The van der Waals surface area contributed by atoms with Gasteiger partial charge in [0.25, 0.3) is 0 Å². The molecule has 2 aromatic rings. The molecule has 0 aromatic heterocycles. The minimum absolute atomic E-state index is 0.0192. The number of carbonyl (C=O) groups is 3. The van der Waals surface area contributed by atoms with Crippen LogP contribution in [0.5, 0.6) is 11.5 Å². The number of aliphatic hydroxyl groups is 1. The number of hydrogen-bond acceptors (Lipinski definition) is 12. The van der Waals surface area contributed by atoms with Crippen LogP contribution in [0.25, 0.3) is 0 Å². The van der Waals surface area contributed by atoms with Crippen molar-refractivity contribution < 1.29 is 55.7 Å². The minimum Gasteiger partial charge on any atom is -0.497 e. The molecule has 75 heavy (non-hydrogen) atoms. The van der Waals surface area contributed by atoms with Gasteiger partial charge in [-0.1, -0.05) is 91.8 Å². The van der Waals surface area contributed by atoms with Crippen molar-refractivity contribution in [2.75, 3.05) is 33.2 Å². The molecule has 2 bridgehead atoms. The number of hydrogen-bond donors (Lipinski definition) is 1. The fourth-order valence-corrected chi connectivity index (χ4v) is 15.5. The standard InChI is InChI=1S/C25H42O5Si.C19H32O4Si.C15H23NO3S/c1-9-10-23(19(2)26)24(27)17-22(30-31(7,8)25(3,4)5)15-16-29-18-20-11-13-21(28-6)14-12-20;1-19(2,3)24(5,6)23-18(11-13-20)12-14-22-15-16-7-9-17(21-4)10-8-16;1-4-5-6-13(17)16-12-9-11-7-8-15(12,14(11,2)3)10-20(16,18)19/h9,11-14,22-24,27H,1,10,15-18H2,2-8H3;7-10,13,18H,11-12,14-15H2,1-6H3;4,11-12H,1,5-10H2,2-3H3/t22-,23+,24+;18-;11?,12?,15-/m001/s1. The lowest BCUT2D eigenvalue weighted by molar-refractivity contribution is -0.129. The number of ketones is 1. The Morgan fingerprint density at radius 2 is 1.28 bits per heavy atom. The van der Waals surface area contributed by atoms with E-state index in [0.717, 1.165) is 54.6 Å². The SMILES string of the molecule is C=CCCC(=O)N1C2CC3CC[C@]2(CS1(=O)=O)C3(C)C.C=CC[C@H](C(C)=O)[C@H](O)C[C@H](CCOCc1ccc(OC)cc1)O[Si](C)(C)C(C)(C)C.COc1ccc(COCC[C@H](CC=O)O[Si](C)(C)C(C)(C)C)cc1. The Bertz CT molecular complexity index is 2240. The smallest absolute Gasteiger partial charge is 0.238 e. The molecule has 5 rings (SSSR count). The molecular weight excluding hydrogens is 1000 g/mol. The summed E-state index contributed by atoms with van der Waals surface area (Å²) in [5.41, 5.74) is 2.00. The maximum absolute atomic E-state index is 12.5. The first kappa shape index (κ1) is 65.8. The summed E-state index contributed by atoms with van der Waals surface area (Å²) in [4.78, 5) is 35.3. The van der Waals surface area contributed by atoms with Crippen LogP contribution in [0.2, 0.25) is 36.3 Å². The number of aldehydes is 1. The molecule has 2 aromatic carbocycles. The Labute approximate surface area is 455 Å². The molecule has 1 amide bonds. The third kappa shape index (κ3) is 18.0. The Morgan fingerprint density at radius 1 is 0.800 bits per heavy atom. The molecule has 7 atom stereocenters. The van der Waals surface area contributed by atoms with Gasteiger partial charge in [-0.25, -0.2) is 12.7 Å². The third-order valence-electron chi connectivity index (χ3n) is 17.0. The van der Waals surface area contributed by atoms with Crippen molar-refractivity contribution in [1.29, 1.82) is 0 Å². The first-order valence-corrected chi connectivity index (χ1v) is 34.4. The van der Waals surface area contributed by atoms with Gasteiger partial charge in [0.05, 0.1) is 51.4 Å². The monoisotopic (exact) mass is 1100 g/mol. The van der Waals surface area contributed by atoms with Crippen molar-refractivity contribution in [3.8, 4) is 11.5 Å². The van der Waals surface area contributed by atoms with Gasteiger partial charge in [0.15, 0.2) is 16.6 Å². The molecule has 2 saturated carbocycles. The van der Waals surface area contributed by atoms with Gasteiger partial charge in [-0.15, -0.1) is 13.2 Å². The lowest BCUT2D eigenvalue weighted by Crippen LogP contribution is -2.45. The minimum atomic E-state index is -3.44. The third-order valence-corrected chi connectivity index (χ3v) is 28.1. The number of sulfonamides is 1. The van der Waals surface area contributed by atoms with Crippen molar-refractivity contribution in [3.63, 3.8) is 0 Å². The van der Waals surface area contributed by atoms with Gasteiger partial charge in [-0.05, 0) is 141 Å². The summed E-state index contributed by atoms with van der Waals surface area (Å²) < 4.78 is 61.2. The molecule has 2 unspecified atom stereocenters. The second-order valence-electron chi connectivity index (χ2n) is 24.5. The van der Waals surface area contributed by atoms with E-state index in [1.807, 2.05) is 48.5 Å². The van der Waals surface area contributed by atoms with E-state index in [0.29, 0.717) is 64.4 Å². The molecule has 424 valence electrons. The van der Waals surface area contributed by atoms with Crippen LogP contribution in [0.3, 0.4) is 0 Å². The zero-order valence-corrected chi connectivity index (χ0v) is 51.4. The van der Waals surface area contributed by atoms with E-state index in [1.54, 1.807) is 26.4 Å². The molecule has 1 spiro atoms. The highest BCUT2D eigenvalue weighted by molar-refractivity contribution is 7.90. The second kappa shape index (κ2) is 28.4. The summed E-state index contributed by atoms with van der Waals surface area (Å²) in [6.07, 6.45) is 9.73. The summed E-state index contributed by atoms with van der Waals surface area (Å²) in [5, 5.41) is 11.0. The van der Waals surface area contributed by atoms with Crippen molar-refractivity contribution in [3.05, 3.63) is 85.0 Å². The van der Waals surface area contributed by atoms with Crippen LogP contribution in [0.4, 0.5) is 0 Å². The molecule has 2 aliphatic carbocycles. The molecule has 1 saturated heterocycles. The molecule has 16 heteroatoms. The van der Waals surface area contributed by atoms with Crippen LogP contribution in [-0.2, 0) is 55.9 Å². The molecule has 3 fully saturated rings. The number of aliphatic hydroxyl groups excluding tert-OH is 1. The normalized spacial score (nSPS) is 21.3. The number of carbonyl (C=O) groups excluding carboxylic acids is 3. The van der Waals surface area contributed by atoms with Crippen molar-refractivity contribution >= 4 is 44.6 Å². The fourth-order valence-electron chi connectivity index (χ4n) is 10.2. The number of fused-ring (bicyclic) bond motifs is 1. The lowest BCUT2D eigenvalue weighted by Gasteiger charge is -2.40. The number of nitrogens with zero attached hydrogens (tertiary/aromatic N) is 1. The number of rotatable bonds is 27. The van der Waals surface area contributed by atoms with Crippen LogP contribution in [-0.4, -0.2) is 110 Å². The first-order chi connectivity index (χ1) is 34.9. The maximum atomic E-state index is 12.5. The number of methoxy groups -OCH3 is 2. The summed E-state index contributed by atoms with van der Waals surface area (Å²) in [6.45, 7) is 37.4. The predicted molar refractivity (Wildman–Crippen MR) is 306 cm³/mol. The highest BCUT2D eigenvalue weighted by atomic mass is 32.2.